The van der Waals surface area contributed by atoms with E-state index in [0.717, 1.165) is 12.3 Å². The van der Waals surface area contributed by atoms with Gasteiger partial charge in [-0.1, -0.05) is 78.1 Å². The maximum atomic E-state index is 9.13. The molecule has 0 aliphatic carbocycles. The van der Waals surface area contributed by atoms with E-state index in [1.54, 1.807) is 0 Å². The predicted molar refractivity (Wildman–Crippen MR) is 91.5 cm³/mol. The first-order chi connectivity index (χ1) is 10.2. The molecule has 0 saturated heterocycles. The average molecular weight is 341 g/mol. The van der Waals surface area contributed by atoms with Crippen molar-refractivity contribution in [2.75, 3.05) is 0 Å². The zero-order valence-corrected chi connectivity index (χ0v) is 15.3. The van der Waals surface area contributed by atoms with Gasteiger partial charge in [-0.3, -0.25) is 9.11 Å². The summed E-state index contributed by atoms with van der Waals surface area (Å²) in [6, 6.07) is 0. The van der Waals surface area contributed by atoms with Gasteiger partial charge < -0.3 is 5.11 Å². The van der Waals surface area contributed by atoms with E-state index in [4.69, 9.17) is 22.6 Å². The van der Waals surface area contributed by atoms with Crippen LogP contribution in [0.3, 0.4) is 0 Å². The van der Waals surface area contributed by atoms with E-state index in [0.29, 0.717) is 0 Å². The molecule has 0 spiro atoms. The molecule has 136 valence electrons. The quantitative estimate of drug-likeness (QED) is 0.355. The zero-order valence-electron chi connectivity index (χ0n) is 14.5. The van der Waals surface area contributed by atoms with Gasteiger partial charge in [-0.05, 0) is 19.3 Å². The van der Waals surface area contributed by atoms with E-state index in [9.17, 15) is 0 Å². The lowest BCUT2D eigenvalue weighted by Crippen LogP contribution is -1.98. The molecule has 5 nitrogen and oxygen atoms in total. The summed E-state index contributed by atoms with van der Waals surface area (Å²) in [5, 5.41) is 9.13. The second-order valence-electron chi connectivity index (χ2n) is 6.24. The van der Waals surface area contributed by atoms with Crippen LogP contribution in [0.15, 0.2) is 0 Å². The Morgan fingerprint density at radius 1 is 0.773 bits per heavy atom. The van der Waals surface area contributed by atoms with Gasteiger partial charge in [-0.15, -0.1) is 0 Å². The minimum Gasteiger partial charge on any atom is -0.393 e. The first kappa shape index (κ1) is 24.1. The van der Waals surface area contributed by atoms with E-state index in [1.807, 2.05) is 6.92 Å². The maximum absolute atomic E-state index is 9.13. The fourth-order valence-corrected chi connectivity index (χ4v) is 2.35. The Labute approximate surface area is 137 Å². The molecule has 0 aliphatic heterocycles. The Morgan fingerprint density at radius 2 is 1.14 bits per heavy atom. The smallest absolute Gasteiger partial charge is 0.393 e. The molecule has 0 fully saturated rings. The first-order valence-electron chi connectivity index (χ1n) is 8.54. The van der Waals surface area contributed by atoms with Crippen molar-refractivity contribution in [3.8, 4) is 0 Å². The first-order valence-corrected chi connectivity index (χ1v) is 9.94. The SMILES string of the molecule is CCCCCC(C)CCCCCCCC(C)O.O=S(=O)(O)O. The third-order valence-electron chi connectivity index (χ3n) is 3.62. The summed E-state index contributed by atoms with van der Waals surface area (Å²) in [6.45, 7) is 6.57. The van der Waals surface area contributed by atoms with E-state index in [-0.39, 0.29) is 6.10 Å². The van der Waals surface area contributed by atoms with Crippen molar-refractivity contribution >= 4 is 10.4 Å². The standard InChI is InChI=1S/C16H34O.H2O4S/c1-4-5-9-12-15(2)13-10-7-6-8-11-14-16(3)17;1-5(2,3)4/h15-17H,4-14H2,1-3H3;(H2,1,2,3,4). The summed E-state index contributed by atoms with van der Waals surface area (Å²) in [6.07, 6.45) is 14.5. The Hall–Kier alpha value is -0.170. The van der Waals surface area contributed by atoms with Crippen molar-refractivity contribution in [2.24, 2.45) is 5.92 Å². The van der Waals surface area contributed by atoms with E-state index < -0.39 is 10.4 Å². The zero-order chi connectivity index (χ0) is 17.4. The van der Waals surface area contributed by atoms with Crippen LogP contribution in [0.1, 0.15) is 91.4 Å². The maximum Gasteiger partial charge on any atom is 0.394 e. The van der Waals surface area contributed by atoms with E-state index >= 15 is 0 Å². The third-order valence-corrected chi connectivity index (χ3v) is 3.62. The van der Waals surface area contributed by atoms with Crippen LogP contribution in [-0.4, -0.2) is 28.7 Å². The second kappa shape index (κ2) is 15.7. The lowest BCUT2D eigenvalue weighted by Gasteiger charge is -2.10. The van der Waals surface area contributed by atoms with Gasteiger partial charge in [0, 0.05) is 0 Å². The molecule has 0 saturated carbocycles. The predicted octanol–water partition coefficient (Wildman–Crippen LogP) is 4.66. The molecule has 22 heavy (non-hydrogen) atoms. The monoisotopic (exact) mass is 340 g/mol. The average Bonchev–Trinajstić information content (AvgIpc) is 2.35. The summed E-state index contributed by atoms with van der Waals surface area (Å²) in [5.74, 6) is 0.930. The Kier molecular flexibility index (Phi) is 17.2. The molecule has 0 amide bonds. The molecule has 0 bridgehead atoms. The van der Waals surface area contributed by atoms with Crippen LogP contribution >= 0.6 is 0 Å². The van der Waals surface area contributed by atoms with E-state index in [2.05, 4.69) is 13.8 Å². The normalized spacial score (nSPS) is 14.1. The van der Waals surface area contributed by atoms with Crippen molar-refractivity contribution in [3.05, 3.63) is 0 Å². The molecule has 6 heteroatoms. The van der Waals surface area contributed by atoms with Gasteiger partial charge in [-0.25, -0.2) is 0 Å². The number of rotatable bonds is 12. The summed E-state index contributed by atoms with van der Waals surface area (Å²) in [4.78, 5) is 0. The fourth-order valence-electron chi connectivity index (χ4n) is 2.35. The number of aliphatic hydroxyl groups excluding tert-OH is 1. The minimum absolute atomic E-state index is 0.103. The molecule has 0 heterocycles. The lowest BCUT2D eigenvalue weighted by molar-refractivity contribution is 0.180. The highest BCUT2D eigenvalue weighted by Gasteiger charge is 2.01. The lowest BCUT2D eigenvalue weighted by atomic mass is 9.96. The molecule has 0 rings (SSSR count). The molecule has 0 aromatic heterocycles. The molecule has 2 atom stereocenters. The Bertz CT molecular complexity index is 306. The molecular weight excluding hydrogens is 304 g/mol. The third kappa shape index (κ3) is 32.0. The number of hydrogen-bond donors (Lipinski definition) is 3. The number of hydrogen-bond acceptors (Lipinski definition) is 3. The topological polar surface area (TPSA) is 94.8 Å². The van der Waals surface area contributed by atoms with Crippen molar-refractivity contribution in [1.82, 2.24) is 0 Å². The molecule has 0 aromatic carbocycles. The molecule has 0 aromatic rings. The summed E-state index contributed by atoms with van der Waals surface area (Å²) >= 11 is 0. The highest BCUT2D eigenvalue weighted by atomic mass is 32.3. The van der Waals surface area contributed by atoms with Crippen LogP contribution < -0.4 is 0 Å². The van der Waals surface area contributed by atoms with Gasteiger partial charge in [0.15, 0.2) is 0 Å². The van der Waals surface area contributed by atoms with Crippen LogP contribution in [0.2, 0.25) is 0 Å². The largest absolute Gasteiger partial charge is 0.394 e. The van der Waals surface area contributed by atoms with Gasteiger partial charge in [0.2, 0.25) is 0 Å². The van der Waals surface area contributed by atoms with Gasteiger partial charge in [-0.2, -0.15) is 8.42 Å². The highest BCUT2D eigenvalue weighted by Crippen LogP contribution is 2.17. The second-order valence-corrected chi connectivity index (χ2v) is 7.14. The van der Waals surface area contributed by atoms with Crippen LogP contribution in [0.5, 0.6) is 0 Å². The van der Waals surface area contributed by atoms with Crippen molar-refractivity contribution < 1.29 is 22.6 Å². The highest BCUT2D eigenvalue weighted by molar-refractivity contribution is 7.79. The van der Waals surface area contributed by atoms with Crippen LogP contribution in [0.4, 0.5) is 0 Å². The Balaban J connectivity index is 0. The number of aliphatic hydroxyl groups is 1. The molecule has 0 aliphatic rings. The van der Waals surface area contributed by atoms with E-state index in [1.165, 1.54) is 64.2 Å². The summed E-state index contributed by atoms with van der Waals surface area (Å²) < 4.78 is 31.6. The summed E-state index contributed by atoms with van der Waals surface area (Å²) in [7, 11) is -4.67. The van der Waals surface area contributed by atoms with Crippen LogP contribution in [-0.2, 0) is 10.4 Å². The van der Waals surface area contributed by atoms with Crippen molar-refractivity contribution in [3.63, 3.8) is 0 Å². The van der Waals surface area contributed by atoms with Gasteiger partial charge in [0.25, 0.3) is 0 Å². The molecule has 0 radical (unpaired) electrons. The Morgan fingerprint density at radius 3 is 1.55 bits per heavy atom. The molecular formula is C16H36O5S. The van der Waals surface area contributed by atoms with Crippen molar-refractivity contribution in [1.29, 1.82) is 0 Å². The van der Waals surface area contributed by atoms with Crippen molar-refractivity contribution in [2.45, 2.75) is 97.5 Å². The van der Waals surface area contributed by atoms with Gasteiger partial charge >= 0.3 is 10.4 Å². The summed E-state index contributed by atoms with van der Waals surface area (Å²) in [5.41, 5.74) is 0. The van der Waals surface area contributed by atoms with Gasteiger partial charge in [0.1, 0.15) is 0 Å². The molecule has 3 N–H and O–H groups in total. The van der Waals surface area contributed by atoms with Crippen LogP contribution in [0, 0.1) is 5.92 Å². The molecule has 2 unspecified atom stereocenters. The number of unbranched alkanes of at least 4 members (excludes halogenated alkanes) is 6. The minimum atomic E-state index is -4.67. The fraction of sp³-hybridized carbons (Fsp3) is 1.00. The van der Waals surface area contributed by atoms with Gasteiger partial charge in [0.05, 0.1) is 6.10 Å². The van der Waals surface area contributed by atoms with Crippen LogP contribution in [0.25, 0.3) is 0 Å².